The molecule has 0 unspecified atom stereocenters. The molecule has 6 heteroatoms. The minimum absolute atomic E-state index is 0.155. The van der Waals surface area contributed by atoms with Crippen LogP contribution in [-0.4, -0.2) is 21.5 Å². The van der Waals surface area contributed by atoms with E-state index in [1.165, 1.54) is 6.42 Å². The van der Waals surface area contributed by atoms with Gasteiger partial charge >= 0.3 is 0 Å². The maximum Gasteiger partial charge on any atom is 0.262 e. The molecule has 0 saturated heterocycles. The van der Waals surface area contributed by atoms with Crippen molar-refractivity contribution in [3.8, 4) is 11.2 Å². The maximum absolute atomic E-state index is 12.6. The highest BCUT2D eigenvalue weighted by Gasteiger charge is 2.24. The fourth-order valence-corrected chi connectivity index (χ4v) is 4.39. The van der Waals surface area contributed by atoms with Gasteiger partial charge in [-0.1, -0.05) is 19.8 Å². The predicted molar refractivity (Wildman–Crippen MR) is 104 cm³/mol. The van der Waals surface area contributed by atoms with Crippen LogP contribution in [0.25, 0.3) is 11.2 Å². The molecule has 0 radical (unpaired) electrons. The van der Waals surface area contributed by atoms with Crippen LogP contribution in [0.4, 0.5) is 0 Å². The third kappa shape index (κ3) is 3.73. The van der Waals surface area contributed by atoms with Crippen molar-refractivity contribution in [3.63, 3.8) is 0 Å². The lowest BCUT2D eigenvalue weighted by molar-refractivity contribution is -0.118. The number of aromatic nitrogens is 2. The Kier molecular flexibility index (Phi) is 5.58. The van der Waals surface area contributed by atoms with Crippen LogP contribution in [0.2, 0.25) is 0 Å². The number of amides is 1. The van der Waals surface area contributed by atoms with Gasteiger partial charge in [-0.25, -0.2) is 4.98 Å². The molecular formula is C20H24N4OS. The Balaban J connectivity index is 1.84. The number of thiazole rings is 1. The first kappa shape index (κ1) is 18.4. The van der Waals surface area contributed by atoms with Crippen molar-refractivity contribution in [1.82, 2.24) is 14.9 Å². The Morgan fingerprint density at radius 3 is 2.85 bits per heavy atom. The number of hydrogen-bond acceptors (Lipinski definition) is 4. The Bertz CT molecular complexity index is 857. The summed E-state index contributed by atoms with van der Waals surface area (Å²) < 4.78 is 2.05. The lowest BCUT2D eigenvalue weighted by Gasteiger charge is -2.29. The summed E-state index contributed by atoms with van der Waals surface area (Å²) in [5.74, 6) is 0.188. The molecule has 2 aromatic heterocycles. The first-order valence-corrected chi connectivity index (χ1v) is 9.90. The summed E-state index contributed by atoms with van der Waals surface area (Å²) in [5.41, 5.74) is 3.04. The molecule has 0 aliphatic heterocycles. The van der Waals surface area contributed by atoms with E-state index in [0.717, 1.165) is 41.3 Å². The lowest BCUT2D eigenvalue weighted by atomic mass is 9.86. The normalized spacial score (nSPS) is 20.6. The Morgan fingerprint density at radius 1 is 1.42 bits per heavy atom. The van der Waals surface area contributed by atoms with Gasteiger partial charge in [-0.2, -0.15) is 5.26 Å². The summed E-state index contributed by atoms with van der Waals surface area (Å²) in [6, 6.07) is 4.23. The zero-order chi connectivity index (χ0) is 18.7. The van der Waals surface area contributed by atoms with Crippen LogP contribution in [0.3, 0.4) is 0 Å². The van der Waals surface area contributed by atoms with Crippen molar-refractivity contribution in [2.75, 3.05) is 0 Å². The molecule has 1 aliphatic carbocycles. The van der Waals surface area contributed by atoms with Gasteiger partial charge in [0.15, 0.2) is 5.13 Å². The van der Waals surface area contributed by atoms with Crippen molar-refractivity contribution in [1.29, 1.82) is 5.26 Å². The molecule has 5 nitrogen and oxygen atoms in total. The first-order valence-electron chi connectivity index (χ1n) is 9.02. The third-order valence-electron chi connectivity index (χ3n) is 5.17. The number of rotatable bonds is 4. The molecule has 1 amide bonds. The highest BCUT2D eigenvalue weighted by Crippen LogP contribution is 2.25. The van der Waals surface area contributed by atoms with Gasteiger partial charge in [0.25, 0.3) is 5.91 Å². The number of nitrogens with one attached hydrogen (secondary N) is 1. The van der Waals surface area contributed by atoms with E-state index in [0.29, 0.717) is 5.92 Å². The Labute approximate surface area is 158 Å². The number of nitriles is 1. The van der Waals surface area contributed by atoms with Gasteiger partial charge in [-0.15, -0.1) is 11.3 Å². The summed E-state index contributed by atoms with van der Waals surface area (Å²) in [6.07, 6.45) is 7.94. The minimum atomic E-state index is -0.273. The molecule has 1 aliphatic rings. The Hall–Kier alpha value is -2.39. The van der Waals surface area contributed by atoms with E-state index in [4.69, 9.17) is 0 Å². The second kappa shape index (κ2) is 7.88. The third-order valence-corrected chi connectivity index (χ3v) is 5.93. The van der Waals surface area contributed by atoms with E-state index in [1.54, 1.807) is 23.6 Å². The summed E-state index contributed by atoms with van der Waals surface area (Å²) in [5, 5.41) is 15.4. The van der Waals surface area contributed by atoms with Gasteiger partial charge in [-0.05, 0) is 50.3 Å². The number of nitrogens with zero attached hydrogens (tertiary/aromatic N) is 3. The summed E-state index contributed by atoms with van der Waals surface area (Å²) >= 11 is 1.56. The first-order chi connectivity index (χ1) is 12.5. The largest absolute Gasteiger partial charge is 0.348 e. The van der Waals surface area contributed by atoms with Gasteiger partial charge in [0, 0.05) is 29.0 Å². The molecule has 2 aromatic rings. The molecule has 1 N–H and O–H groups in total. The zero-order valence-corrected chi connectivity index (χ0v) is 16.3. The van der Waals surface area contributed by atoms with Gasteiger partial charge in [0.05, 0.1) is 0 Å². The van der Waals surface area contributed by atoms with Crippen molar-refractivity contribution in [2.45, 2.75) is 52.5 Å². The SMILES string of the molecule is Cc1cc(/C=C(\C#N)C(=O)N[C@@H]2CCCC[C@H]2C)c(C)n1-c1nccs1. The molecule has 3 rings (SSSR count). The van der Waals surface area contributed by atoms with Crippen LogP contribution in [0, 0.1) is 31.1 Å². The van der Waals surface area contributed by atoms with Crippen LogP contribution < -0.4 is 5.32 Å². The fourth-order valence-electron chi connectivity index (χ4n) is 3.64. The molecular weight excluding hydrogens is 344 g/mol. The van der Waals surface area contributed by atoms with Crippen molar-refractivity contribution in [2.24, 2.45) is 5.92 Å². The number of aryl methyl sites for hydroxylation is 1. The van der Waals surface area contributed by atoms with Crippen LogP contribution in [0.5, 0.6) is 0 Å². The molecule has 0 aromatic carbocycles. The minimum Gasteiger partial charge on any atom is -0.348 e. The molecule has 2 atom stereocenters. The highest BCUT2D eigenvalue weighted by atomic mass is 32.1. The van der Waals surface area contributed by atoms with Gasteiger partial charge in [0.2, 0.25) is 0 Å². The van der Waals surface area contributed by atoms with Crippen LogP contribution >= 0.6 is 11.3 Å². The van der Waals surface area contributed by atoms with E-state index in [9.17, 15) is 10.1 Å². The van der Waals surface area contributed by atoms with Crippen molar-refractivity contribution in [3.05, 3.63) is 40.2 Å². The Morgan fingerprint density at radius 2 is 2.19 bits per heavy atom. The lowest BCUT2D eigenvalue weighted by Crippen LogP contribution is -2.41. The molecule has 1 fully saturated rings. The van der Waals surface area contributed by atoms with E-state index in [-0.39, 0.29) is 17.5 Å². The second-order valence-electron chi connectivity index (χ2n) is 6.99. The van der Waals surface area contributed by atoms with Gasteiger partial charge < -0.3 is 5.32 Å². The molecule has 136 valence electrons. The molecule has 26 heavy (non-hydrogen) atoms. The number of hydrogen-bond donors (Lipinski definition) is 1. The van der Waals surface area contributed by atoms with Crippen LogP contribution in [-0.2, 0) is 4.79 Å². The fraction of sp³-hybridized carbons (Fsp3) is 0.450. The average Bonchev–Trinajstić information content (AvgIpc) is 3.22. The van der Waals surface area contributed by atoms with E-state index in [2.05, 4.69) is 23.3 Å². The standard InChI is InChI=1S/C20H24N4OS/c1-13-6-4-5-7-18(13)23-19(25)17(12-21)11-16-10-14(2)24(15(16)3)20-22-8-9-26-20/h8-11,13,18H,4-7H2,1-3H3,(H,23,25)/b17-11+/t13-,18-/m1/s1. The highest BCUT2D eigenvalue weighted by molar-refractivity contribution is 7.12. The van der Waals surface area contributed by atoms with E-state index in [1.807, 2.05) is 29.9 Å². The van der Waals surface area contributed by atoms with Gasteiger partial charge in [0.1, 0.15) is 11.6 Å². The maximum atomic E-state index is 12.6. The molecule has 0 bridgehead atoms. The second-order valence-corrected chi connectivity index (χ2v) is 7.86. The van der Waals surface area contributed by atoms with E-state index < -0.39 is 0 Å². The summed E-state index contributed by atoms with van der Waals surface area (Å²) in [4.78, 5) is 17.0. The number of carbonyl (C=O) groups is 1. The van der Waals surface area contributed by atoms with Crippen molar-refractivity contribution >= 4 is 23.3 Å². The molecule has 0 spiro atoms. The average molecular weight is 369 g/mol. The van der Waals surface area contributed by atoms with Gasteiger partial charge in [-0.3, -0.25) is 9.36 Å². The topological polar surface area (TPSA) is 70.7 Å². The zero-order valence-electron chi connectivity index (χ0n) is 15.5. The molecule has 2 heterocycles. The predicted octanol–water partition coefficient (Wildman–Crippen LogP) is 4.15. The smallest absolute Gasteiger partial charge is 0.262 e. The van der Waals surface area contributed by atoms with Crippen LogP contribution in [0.15, 0.2) is 23.2 Å². The molecule has 1 saturated carbocycles. The van der Waals surface area contributed by atoms with Crippen molar-refractivity contribution < 1.29 is 4.79 Å². The summed E-state index contributed by atoms with van der Waals surface area (Å²) in [6.45, 7) is 6.15. The monoisotopic (exact) mass is 368 g/mol. The van der Waals surface area contributed by atoms with Crippen LogP contribution in [0.1, 0.15) is 49.6 Å². The quantitative estimate of drug-likeness (QED) is 0.651. The number of carbonyl (C=O) groups excluding carboxylic acids is 1. The van der Waals surface area contributed by atoms with E-state index >= 15 is 0 Å². The summed E-state index contributed by atoms with van der Waals surface area (Å²) in [7, 11) is 0.